The minimum absolute atomic E-state index is 0.514. The van der Waals surface area contributed by atoms with E-state index in [-0.39, 0.29) is 0 Å². The molecule has 0 aromatic carbocycles. The summed E-state index contributed by atoms with van der Waals surface area (Å²) in [5, 5.41) is 0. The van der Waals surface area contributed by atoms with Crippen LogP contribution < -0.4 is 0 Å². The van der Waals surface area contributed by atoms with Crippen LogP contribution in [-0.2, 0) is 0 Å². The molecule has 2 nitrogen and oxygen atoms in total. The van der Waals surface area contributed by atoms with E-state index in [1.54, 1.807) is 0 Å². The zero-order valence-electron chi connectivity index (χ0n) is 9.51. The van der Waals surface area contributed by atoms with Crippen LogP contribution in [0, 0.1) is 0 Å². The summed E-state index contributed by atoms with van der Waals surface area (Å²) in [7, 11) is 0. The molecule has 0 N–H and O–H groups in total. The lowest BCUT2D eigenvalue weighted by molar-refractivity contribution is 0.610. The first-order valence-electron chi connectivity index (χ1n) is 5.69. The molecule has 0 saturated carbocycles. The van der Waals surface area contributed by atoms with Gasteiger partial charge in [0.25, 0.3) is 0 Å². The molecule has 2 unspecified atom stereocenters. The van der Waals surface area contributed by atoms with E-state index < -0.39 is 0 Å². The first-order chi connectivity index (χ1) is 7.79. The molecule has 2 heteroatoms. The van der Waals surface area contributed by atoms with Crippen molar-refractivity contribution in [3.8, 4) is 11.4 Å². The Kier molecular flexibility index (Phi) is 2.03. The third-order valence-corrected chi connectivity index (χ3v) is 3.63. The van der Waals surface area contributed by atoms with Gasteiger partial charge in [0.1, 0.15) is 0 Å². The zero-order valence-corrected chi connectivity index (χ0v) is 9.51. The fourth-order valence-electron chi connectivity index (χ4n) is 2.50. The second-order valence-electron chi connectivity index (χ2n) is 4.46. The van der Waals surface area contributed by atoms with Crippen LogP contribution in [0.3, 0.4) is 0 Å². The molecule has 0 amide bonds. The third-order valence-electron chi connectivity index (χ3n) is 3.63. The standard InChI is InChI=1S/C14H14N2/c1-9-10(2)12-6-4-8-16-14(12)13-11(9)5-3-7-15-13/h3-10H,1-2H3. The number of pyridine rings is 2. The van der Waals surface area contributed by atoms with E-state index in [1.165, 1.54) is 11.1 Å². The van der Waals surface area contributed by atoms with Gasteiger partial charge in [0, 0.05) is 12.4 Å². The monoisotopic (exact) mass is 210 g/mol. The Labute approximate surface area is 95.4 Å². The van der Waals surface area contributed by atoms with Gasteiger partial charge >= 0.3 is 0 Å². The summed E-state index contributed by atoms with van der Waals surface area (Å²) in [6.07, 6.45) is 3.69. The Balaban J connectivity index is 2.33. The van der Waals surface area contributed by atoms with Crippen molar-refractivity contribution in [3.63, 3.8) is 0 Å². The molecule has 3 rings (SSSR count). The largest absolute Gasteiger partial charge is 0.254 e. The maximum Gasteiger partial charge on any atom is 0.0923 e. The minimum atomic E-state index is 0.514. The maximum atomic E-state index is 4.48. The van der Waals surface area contributed by atoms with Crippen molar-refractivity contribution in [3.05, 3.63) is 47.8 Å². The fraction of sp³-hybridized carbons (Fsp3) is 0.286. The summed E-state index contributed by atoms with van der Waals surface area (Å²) >= 11 is 0. The summed E-state index contributed by atoms with van der Waals surface area (Å²) in [6, 6.07) is 8.36. The molecule has 2 heterocycles. The number of aromatic nitrogens is 2. The topological polar surface area (TPSA) is 25.8 Å². The van der Waals surface area contributed by atoms with Gasteiger partial charge in [-0.25, -0.2) is 0 Å². The Hall–Kier alpha value is -1.70. The van der Waals surface area contributed by atoms with Gasteiger partial charge in [0.15, 0.2) is 0 Å². The average Bonchev–Trinajstić information content (AvgIpc) is 2.36. The van der Waals surface area contributed by atoms with Gasteiger partial charge in [-0.05, 0) is 35.1 Å². The van der Waals surface area contributed by atoms with E-state index in [1.807, 2.05) is 24.5 Å². The van der Waals surface area contributed by atoms with Crippen LogP contribution in [0.1, 0.15) is 36.8 Å². The van der Waals surface area contributed by atoms with Gasteiger partial charge in [-0.2, -0.15) is 0 Å². The summed E-state index contributed by atoms with van der Waals surface area (Å²) in [5.74, 6) is 1.03. The molecule has 80 valence electrons. The predicted molar refractivity (Wildman–Crippen MR) is 64.3 cm³/mol. The second kappa shape index (κ2) is 3.41. The average molecular weight is 210 g/mol. The first kappa shape index (κ1) is 9.52. The van der Waals surface area contributed by atoms with E-state index in [9.17, 15) is 0 Å². The molecule has 0 bridgehead atoms. The number of hydrogen-bond donors (Lipinski definition) is 0. The van der Waals surface area contributed by atoms with E-state index >= 15 is 0 Å². The van der Waals surface area contributed by atoms with Crippen LogP contribution in [0.5, 0.6) is 0 Å². The highest BCUT2D eigenvalue weighted by atomic mass is 14.8. The summed E-state index contributed by atoms with van der Waals surface area (Å²) in [5.41, 5.74) is 4.76. The highest BCUT2D eigenvalue weighted by molar-refractivity contribution is 5.67. The lowest BCUT2D eigenvalue weighted by Gasteiger charge is -2.29. The normalized spacial score (nSPS) is 22.4. The van der Waals surface area contributed by atoms with E-state index in [2.05, 4.69) is 35.9 Å². The van der Waals surface area contributed by atoms with Crippen molar-refractivity contribution in [1.29, 1.82) is 0 Å². The second-order valence-corrected chi connectivity index (χ2v) is 4.46. The molecule has 0 radical (unpaired) electrons. The Morgan fingerprint density at radius 1 is 0.812 bits per heavy atom. The van der Waals surface area contributed by atoms with Crippen LogP contribution in [0.15, 0.2) is 36.7 Å². The van der Waals surface area contributed by atoms with Crippen LogP contribution in [0.4, 0.5) is 0 Å². The van der Waals surface area contributed by atoms with Gasteiger partial charge in [-0.3, -0.25) is 9.97 Å². The molecule has 0 saturated heterocycles. The third kappa shape index (κ3) is 1.19. The van der Waals surface area contributed by atoms with E-state index in [4.69, 9.17) is 0 Å². The van der Waals surface area contributed by atoms with Crippen molar-refractivity contribution < 1.29 is 0 Å². The van der Waals surface area contributed by atoms with Crippen LogP contribution in [-0.4, -0.2) is 9.97 Å². The Morgan fingerprint density at radius 2 is 1.25 bits per heavy atom. The van der Waals surface area contributed by atoms with Gasteiger partial charge < -0.3 is 0 Å². The molecular formula is C14H14N2. The summed E-state index contributed by atoms with van der Waals surface area (Å²) in [4.78, 5) is 8.97. The highest BCUT2D eigenvalue weighted by Gasteiger charge is 2.28. The molecule has 0 fully saturated rings. The van der Waals surface area contributed by atoms with Crippen LogP contribution in [0.2, 0.25) is 0 Å². The Morgan fingerprint density at radius 3 is 1.69 bits per heavy atom. The number of rotatable bonds is 0. The lowest BCUT2D eigenvalue weighted by Crippen LogP contribution is -2.14. The van der Waals surface area contributed by atoms with Gasteiger partial charge in [0.2, 0.25) is 0 Å². The number of hydrogen-bond acceptors (Lipinski definition) is 2. The molecule has 1 aliphatic carbocycles. The van der Waals surface area contributed by atoms with Crippen LogP contribution in [0.25, 0.3) is 11.4 Å². The SMILES string of the molecule is CC1c2cccnc2-c2ncccc2C1C. The molecular weight excluding hydrogens is 196 g/mol. The predicted octanol–water partition coefficient (Wildman–Crippen LogP) is 3.36. The Bertz CT molecular complexity index is 484. The molecule has 2 aromatic heterocycles. The maximum absolute atomic E-state index is 4.48. The van der Waals surface area contributed by atoms with Crippen molar-refractivity contribution in [2.24, 2.45) is 0 Å². The molecule has 2 atom stereocenters. The first-order valence-corrected chi connectivity index (χ1v) is 5.69. The number of fused-ring (bicyclic) bond motifs is 3. The van der Waals surface area contributed by atoms with E-state index in [0.717, 1.165) is 11.4 Å². The van der Waals surface area contributed by atoms with Crippen molar-refractivity contribution in [1.82, 2.24) is 9.97 Å². The molecule has 0 aliphatic heterocycles. The van der Waals surface area contributed by atoms with Crippen molar-refractivity contribution >= 4 is 0 Å². The minimum Gasteiger partial charge on any atom is -0.254 e. The molecule has 0 spiro atoms. The highest BCUT2D eigenvalue weighted by Crippen LogP contribution is 2.43. The van der Waals surface area contributed by atoms with Crippen molar-refractivity contribution in [2.45, 2.75) is 25.7 Å². The van der Waals surface area contributed by atoms with Gasteiger partial charge in [-0.15, -0.1) is 0 Å². The lowest BCUT2D eigenvalue weighted by atomic mass is 9.77. The zero-order chi connectivity index (χ0) is 11.1. The molecule has 2 aromatic rings. The smallest absolute Gasteiger partial charge is 0.0923 e. The summed E-state index contributed by atoms with van der Waals surface area (Å²) < 4.78 is 0. The van der Waals surface area contributed by atoms with Gasteiger partial charge in [-0.1, -0.05) is 26.0 Å². The molecule has 1 aliphatic rings. The van der Waals surface area contributed by atoms with Gasteiger partial charge in [0.05, 0.1) is 11.4 Å². The quantitative estimate of drug-likeness (QED) is 0.666. The van der Waals surface area contributed by atoms with Crippen LogP contribution >= 0.6 is 0 Å². The fourth-order valence-corrected chi connectivity index (χ4v) is 2.50. The van der Waals surface area contributed by atoms with E-state index in [0.29, 0.717) is 11.8 Å². The summed E-state index contributed by atoms with van der Waals surface area (Å²) in [6.45, 7) is 4.53. The number of nitrogens with zero attached hydrogens (tertiary/aromatic N) is 2. The molecule has 16 heavy (non-hydrogen) atoms. The van der Waals surface area contributed by atoms with Crippen molar-refractivity contribution in [2.75, 3.05) is 0 Å².